The van der Waals surface area contributed by atoms with Crippen molar-refractivity contribution in [1.29, 1.82) is 0 Å². The van der Waals surface area contributed by atoms with Crippen molar-refractivity contribution in [3.8, 4) is 0 Å². The van der Waals surface area contributed by atoms with Gasteiger partial charge in [0, 0.05) is 15.2 Å². The van der Waals surface area contributed by atoms with Gasteiger partial charge in [0.05, 0.1) is 6.54 Å². The van der Waals surface area contributed by atoms with Crippen LogP contribution < -0.4 is 10.6 Å². The molecule has 1 heterocycles. The molecule has 0 spiro atoms. The van der Waals surface area contributed by atoms with E-state index in [4.69, 9.17) is 0 Å². The molecule has 0 saturated heterocycles. The van der Waals surface area contributed by atoms with E-state index >= 15 is 0 Å². The molecule has 1 rings (SSSR count). The fourth-order valence-corrected chi connectivity index (χ4v) is 2.41. The number of rotatable bonds is 5. The molecule has 0 fully saturated rings. The molecule has 4 nitrogen and oxygen atoms in total. The van der Waals surface area contributed by atoms with Crippen LogP contribution >= 0.6 is 11.3 Å². The Kier molecular flexibility index (Phi) is 5.74. The molecule has 1 unspecified atom stereocenters. The first-order valence-corrected chi connectivity index (χ1v) is 7.72. The van der Waals surface area contributed by atoms with Crippen molar-refractivity contribution in [1.82, 2.24) is 10.6 Å². The molecule has 5 heteroatoms. The van der Waals surface area contributed by atoms with Gasteiger partial charge in [-0.25, -0.2) is 0 Å². The van der Waals surface area contributed by atoms with Crippen LogP contribution in [0.2, 0.25) is 0 Å². The summed E-state index contributed by atoms with van der Waals surface area (Å²) in [6, 6.07) is 3.59. The maximum atomic E-state index is 11.9. The van der Waals surface area contributed by atoms with Crippen LogP contribution in [0.15, 0.2) is 12.1 Å². The molecule has 0 bridgehead atoms. The van der Waals surface area contributed by atoms with Gasteiger partial charge in [0.2, 0.25) is 11.8 Å². The van der Waals surface area contributed by atoms with Gasteiger partial charge < -0.3 is 10.6 Å². The predicted molar refractivity (Wildman–Crippen MR) is 82.6 cm³/mol. The number of hydrogen-bond donors (Lipinski definition) is 2. The summed E-state index contributed by atoms with van der Waals surface area (Å²) in [5.74, 6) is -0.279. The van der Waals surface area contributed by atoms with E-state index < -0.39 is 11.5 Å². The molecule has 0 aliphatic heterocycles. The molecule has 0 aliphatic rings. The first-order valence-electron chi connectivity index (χ1n) is 6.90. The highest BCUT2D eigenvalue weighted by Gasteiger charge is 2.24. The molecule has 0 saturated carbocycles. The molecule has 2 N–H and O–H groups in total. The van der Waals surface area contributed by atoms with Crippen LogP contribution in [-0.2, 0) is 22.6 Å². The number of nitrogens with one attached hydrogen (secondary N) is 2. The second-order valence-corrected chi connectivity index (χ2v) is 7.14. The van der Waals surface area contributed by atoms with E-state index in [1.807, 2.05) is 26.8 Å². The van der Waals surface area contributed by atoms with E-state index in [1.54, 1.807) is 18.3 Å². The second-order valence-electron chi connectivity index (χ2n) is 5.88. The average Bonchev–Trinajstić information content (AvgIpc) is 2.82. The number of hydrogen-bond acceptors (Lipinski definition) is 3. The number of carbonyl (C=O) groups excluding carboxylic acids is 2. The van der Waals surface area contributed by atoms with Crippen LogP contribution in [-0.4, -0.2) is 17.9 Å². The van der Waals surface area contributed by atoms with Gasteiger partial charge in [-0.2, -0.15) is 0 Å². The zero-order chi connectivity index (χ0) is 15.3. The van der Waals surface area contributed by atoms with Crippen molar-refractivity contribution in [2.45, 2.75) is 53.6 Å². The topological polar surface area (TPSA) is 58.2 Å². The maximum absolute atomic E-state index is 11.9. The van der Waals surface area contributed by atoms with Crippen molar-refractivity contribution < 1.29 is 9.59 Å². The Morgan fingerprint density at radius 3 is 2.35 bits per heavy atom. The first-order chi connectivity index (χ1) is 9.24. The lowest BCUT2D eigenvalue weighted by Gasteiger charge is -2.21. The summed E-state index contributed by atoms with van der Waals surface area (Å²) in [6.45, 7) is 9.79. The van der Waals surface area contributed by atoms with Crippen molar-refractivity contribution in [3.63, 3.8) is 0 Å². The Bertz CT molecular complexity index is 474. The molecule has 20 heavy (non-hydrogen) atoms. The number of amides is 2. The Labute approximate surface area is 125 Å². The minimum atomic E-state index is -0.521. The Morgan fingerprint density at radius 2 is 1.85 bits per heavy atom. The predicted octanol–water partition coefficient (Wildman–Crippen LogP) is 2.48. The maximum Gasteiger partial charge on any atom is 0.242 e. The molecule has 0 aliphatic carbocycles. The highest BCUT2D eigenvalue weighted by atomic mass is 32.1. The van der Waals surface area contributed by atoms with Crippen molar-refractivity contribution in [3.05, 3.63) is 21.9 Å². The van der Waals surface area contributed by atoms with Crippen molar-refractivity contribution in [2.24, 2.45) is 5.41 Å². The minimum absolute atomic E-state index is 0.121. The fourth-order valence-electron chi connectivity index (χ4n) is 1.51. The van der Waals surface area contributed by atoms with Crippen LogP contribution in [0.5, 0.6) is 0 Å². The Balaban J connectivity index is 2.44. The lowest BCUT2D eigenvalue weighted by atomic mass is 9.95. The summed E-state index contributed by atoms with van der Waals surface area (Å²) >= 11 is 1.70. The van der Waals surface area contributed by atoms with Crippen LogP contribution in [0.4, 0.5) is 0 Å². The lowest BCUT2D eigenvalue weighted by molar-refractivity contribution is -0.133. The van der Waals surface area contributed by atoms with E-state index in [0.717, 1.165) is 11.3 Å². The molecule has 1 atom stereocenters. The quantitative estimate of drug-likeness (QED) is 0.877. The van der Waals surface area contributed by atoms with E-state index in [2.05, 4.69) is 23.6 Å². The molecule has 1 aromatic heterocycles. The number of thiophene rings is 1. The zero-order valence-electron chi connectivity index (χ0n) is 12.9. The molecule has 1 aromatic rings. The fraction of sp³-hybridized carbons (Fsp3) is 0.600. The van der Waals surface area contributed by atoms with Gasteiger partial charge >= 0.3 is 0 Å². The van der Waals surface area contributed by atoms with E-state index in [0.29, 0.717) is 6.54 Å². The van der Waals surface area contributed by atoms with Gasteiger partial charge in [0.15, 0.2) is 0 Å². The summed E-state index contributed by atoms with van der Waals surface area (Å²) in [6.07, 6.45) is 1.01. The second kappa shape index (κ2) is 6.88. The third-order valence-electron chi connectivity index (χ3n) is 2.92. The van der Waals surface area contributed by atoms with E-state index in [9.17, 15) is 9.59 Å². The van der Waals surface area contributed by atoms with Gasteiger partial charge in [-0.1, -0.05) is 27.7 Å². The molecular weight excluding hydrogens is 272 g/mol. The standard InChI is InChI=1S/C15H24N2O2S/c1-6-11-7-8-12(20-11)9-16-13(18)10(2)17-14(19)15(3,4)5/h7-8,10H,6,9H2,1-5H3,(H,16,18)(H,17,19). The van der Waals surface area contributed by atoms with Gasteiger partial charge in [0.1, 0.15) is 6.04 Å². The summed E-state index contributed by atoms with van der Waals surface area (Å²) in [5, 5.41) is 5.57. The number of aryl methyl sites for hydroxylation is 1. The van der Waals surface area contributed by atoms with Crippen molar-refractivity contribution >= 4 is 23.2 Å². The third-order valence-corrected chi connectivity index (χ3v) is 4.15. The van der Waals surface area contributed by atoms with Crippen LogP contribution in [0, 0.1) is 5.41 Å². The highest BCUT2D eigenvalue weighted by Crippen LogP contribution is 2.16. The number of carbonyl (C=O) groups is 2. The van der Waals surface area contributed by atoms with Crippen LogP contribution in [0.1, 0.15) is 44.4 Å². The van der Waals surface area contributed by atoms with Gasteiger partial charge in [0.25, 0.3) is 0 Å². The summed E-state index contributed by atoms with van der Waals surface area (Å²) in [4.78, 5) is 26.2. The van der Waals surface area contributed by atoms with Gasteiger partial charge in [-0.3, -0.25) is 9.59 Å². The van der Waals surface area contributed by atoms with E-state index in [-0.39, 0.29) is 11.8 Å². The largest absolute Gasteiger partial charge is 0.349 e. The van der Waals surface area contributed by atoms with Crippen LogP contribution in [0.25, 0.3) is 0 Å². The van der Waals surface area contributed by atoms with Gasteiger partial charge in [-0.05, 0) is 25.5 Å². The van der Waals surface area contributed by atoms with Crippen molar-refractivity contribution in [2.75, 3.05) is 0 Å². The smallest absolute Gasteiger partial charge is 0.242 e. The SMILES string of the molecule is CCc1ccc(CNC(=O)C(C)NC(=O)C(C)(C)C)s1. The molecule has 0 radical (unpaired) electrons. The van der Waals surface area contributed by atoms with Gasteiger partial charge in [-0.15, -0.1) is 11.3 Å². The normalized spacial score (nSPS) is 12.8. The van der Waals surface area contributed by atoms with E-state index in [1.165, 1.54) is 4.88 Å². The Hall–Kier alpha value is -1.36. The summed E-state index contributed by atoms with van der Waals surface area (Å²) < 4.78 is 0. The third kappa shape index (κ3) is 4.96. The minimum Gasteiger partial charge on any atom is -0.349 e. The zero-order valence-corrected chi connectivity index (χ0v) is 13.7. The first kappa shape index (κ1) is 16.7. The summed E-state index contributed by atoms with van der Waals surface area (Å²) in [7, 11) is 0. The molecule has 0 aromatic carbocycles. The van der Waals surface area contributed by atoms with Crippen LogP contribution in [0.3, 0.4) is 0 Å². The Morgan fingerprint density at radius 1 is 1.25 bits per heavy atom. The molecule has 112 valence electrons. The monoisotopic (exact) mass is 296 g/mol. The lowest BCUT2D eigenvalue weighted by Crippen LogP contribution is -2.48. The molecule has 2 amide bonds. The average molecular weight is 296 g/mol. The highest BCUT2D eigenvalue weighted by molar-refractivity contribution is 7.11. The summed E-state index contributed by atoms with van der Waals surface area (Å²) in [5.41, 5.74) is -0.488. The molecular formula is C15H24N2O2S.